The molecule has 0 radical (unpaired) electrons. The summed E-state index contributed by atoms with van der Waals surface area (Å²) in [6.07, 6.45) is 1.76. The van der Waals surface area contributed by atoms with Gasteiger partial charge in [0.05, 0.1) is 31.5 Å². The maximum absolute atomic E-state index is 13.4. The number of carbonyl (C=O) groups is 1. The molecule has 0 N–H and O–H groups in total. The van der Waals surface area contributed by atoms with Crippen molar-refractivity contribution in [2.45, 2.75) is 5.75 Å². The number of carbonyl (C=O) groups excluding carboxylic acids is 1. The lowest BCUT2D eigenvalue weighted by molar-refractivity contribution is -0.113. The summed E-state index contributed by atoms with van der Waals surface area (Å²) >= 11 is 1.44. The predicted molar refractivity (Wildman–Crippen MR) is 131 cm³/mol. The first-order valence-corrected chi connectivity index (χ1v) is 11.1. The summed E-state index contributed by atoms with van der Waals surface area (Å²) in [7, 11) is 3.20. The molecule has 1 heterocycles. The molecule has 0 saturated heterocycles. The van der Waals surface area contributed by atoms with Gasteiger partial charge in [-0.05, 0) is 53.6 Å². The molecule has 0 atom stereocenters. The zero-order chi connectivity index (χ0) is 23.2. The molecule has 0 fully saturated rings. The molecule has 4 rings (SSSR count). The number of nitrogens with zero attached hydrogens (tertiary/aromatic N) is 3. The smallest absolute Gasteiger partial charge is 0.283 e. The summed E-state index contributed by atoms with van der Waals surface area (Å²) in [6, 6.07) is 24.3. The molecule has 0 aliphatic carbocycles. The van der Waals surface area contributed by atoms with Crippen molar-refractivity contribution in [3.05, 3.63) is 95.2 Å². The number of nitriles is 1. The van der Waals surface area contributed by atoms with E-state index in [-0.39, 0.29) is 5.91 Å². The highest BCUT2D eigenvalue weighted by Crippen LogP contribution is 2.32. The molecule has 0 unspecified atom stereocenters. The molecular formula is C26H21N3O3S. The number of aliphatic imine (C=N–C) groups is 1. The van der Waals surface area contributed by atoms with Crippen molar-refractivity contribution >= 4 is 34.6 Å². The molecule has 3 aromatic carbocycles. The number of amides is 1. The van der Waals surface area contributed by atoms with Crippen LogP contribution >= 0.6 is 11.8 Å². The normalized spacial score (nSPS) is 14.2. The number of rotatable bonds is 6. The molecular weight excluding hydrogens is 434 g/mol. The van der Waals surface area contributed by atoms with Crippen LogP contribution in [0.15, 0.2) is 83.5 Å². The van der Waals surface area contributed by atoms with E-state index < -0.39 is 0 Å². The Morgan fingerprint density at radius 1 is 1.00 bits per heavy atom. The number of thioether (sulfide) groups is 1. The topological polar surface area (TPSA) is 74.9 Å². The maximum atomic E-state index is 13.4. The zero-order valence-corrected chi connectivity index (χ0v) is 19.0. The Morgan fingerprint density at radius 2 is 1.76 bits per heavy atom. The Bertz CT molecular complexity index is 1280. The minimum Gasteiger partial charge on any atom is -0.497 e. The second-order valence-corrected chi connectivity index (χ2v) is 8.08. The Morgan fingerprint density at radius 3 is 2.48 bits per heavy atom. The van der Waals surface area contributed by atoms with Crippen molar-refractivity contribution in [3.8, 4) is 17.6 Å². The minimum atomic E-state index is -0.215. The number of amidine groups is 1. The molecule has 3 aromatic rings. The van der Waals surface area contributed by atoms with E-state index in [1.54, 1.807) is 37.3 Å². The average Bonchev–Trinajstić information content (AvgIpc) is 3.18. The highest BCUT2D eigenvalue weighted by molar-refractivity contribution is 8.13. The summed E-state index contributed by atoms with van der Waals surface area (Å²) in [5, 5.41) is 9.73. The van der Waals surface area contributed by atoms with Crippen molar-refractivity contribution in [1.82, 2.24) is 0 Å². The average molecular weight is 456 g/mol. The predicted octanol–water partition coefficient (Wildman–Crippen LogP) is 5.25. The van der Waals surface area contributed by atoms with Crippen molar-refractivity contribution in [2.75, 3.05) is 19.1 Å². The molecule has 1 aliphatic rings. The van der Waals surface area contributed by atoms with E-state index in [1.807, 2.05) is 60.7 Å². The molecule has 0 aromatic heterocycles. The summed E-state index contributed by atoms with van der Waals surface area (Å²) < 4.78 is 10.5. The van der Waals surface area contributed by atoms with Gasteiger partial charge in [-0.25, -0.2) is 4.99 Å². The van der Waals surface area contributed by atoms with Gasteiger partial charge in [0.1, 0.15) is 17.2 Å². The van der Waals surface area contributed by atoms with Gasteiger partial charge < -0.3 is 9.47 Å². The first kappa shape index (κ1) is 22.2. The number of benzene rings is 3. The van der Waals surface area contributed by atoms with Gasteiger partial charge >= 0.3 is 0 Å². The number of hydrogen-bond donors (Lipinski definition) is 0. The number of anilines is 1. The van der Waals surface area contributed by atoms with Gasteiger partial charge in [0.2, 0.25) is 0 Å². The van der Waals surface area contributed by atoms with E-state index in [2.05, 4.69) is 11.1 Å². The number of hydrogen-bond acceptors (Lipinski definition) is 6. The third-order valence-corrected chi connectivity index (χ3v) is 5.99. The fourth-order valence-electron chi connectivity index (χ4n) is 3.31. The highest BCUT2D eigenvalue weighted by Gasteiger charge is 2.32. The van der Waals surface area contributed by atoms with Crippen LogP contribution in [0.1, 0.15) is 16.7 Å². The molecule has 164 valence electrons. The van der Waals surface area contributed by atoms with E-state index in [0.29, 0.717) is 33.6 Å². The van der Waals surface area contributed by atoms with E-state index in [1.165, 1.54) is 11.8 Å². The fourth-order valence-corrected chi connectivity index (χ4v) is 4.26. The van der Waals surface area contributed by atoms with E-state index in [4.69, 9.17) is 14.7 Å². The fraction of sp³-hybridized carbons (Fsp3) is 0.115. The Balaban J connectivity index is 1.67. The first-order chi connectivity index (χ1) is 16.1. The van der Waals surface area contributed by atoms with Crippen LogP contribution in [0.5, 0.6) is 11.5 Å². The maximum Gasteiger partial charge on any atom is 0.283 e. The van der Waals surface area contributed by atoms with Crippen molar-refractivity contribution in [1.29, 1.82) is 5.26 Å². The van der Waals surface area contributed by atoms with Crippen LogP contribution in [0.4, 0.5) is 5.69 Å². The van der Waals surface area contributed by atoms with E-state index in [0.717, 1.165) is 16.9 Å². The van der Waals surface area contributed by atoms with Crippen LogP contribution in [0.2, 0.25) is 0 Å². The molecule has 1 aliphatic heterocycles. The molecule has 6 nitrogen and oxygen atoms in total. The van der Waals surface area contributed by atoms with Crippen LogP contribution in [0, 0.1) is 11.3 Å². The van der Waals surface area contributed by atoms with Crippen LogP contribution in [-0.4, -0.2) is 25.3 Å². The largest absolute Gasteiger partial charge is 0.497 e. The summed E-state index contributed by atoms with van der Waals surface area (Å²) in [6.45, 7) is 0. The standard InChI is InChI=1S/C26H21N3O3S/c1-31-22-11-9-18(10-12-22)14-24-25(30)29(21-7-4-8-23(15-21)32-2)26(28-24)33-17-20-6-3-5-19(13-20)16-27/h3-15H,17H2,1-2H3/b24-14-. The SMILES string of the molecule is COc1ccc(/C=C2\N=C(SCc3cccc(C#N)c3)N(c3cccc(OC)c3)C2=O)cc1. The first-order valence-electron chi connectivity index (χ1n) is 10.2. The van der Waals surface area contributed by atoms with Gasteiger partial charge in [0.25, 0.3) is 5.91 Å². The summed E-state index contributed by atoms with van der Waals surface area (Å²) in [5.74, 6) is 1.75. The van der Waals surface area contributed by atoms with Gasteiger partial charge in [-0.3, -0.25) is 9.69 Å². The van der Waals surface area contributed by atoms with Crippen LogP contribution in [-0.2, 0) is 10.5 Å². The molecule has 33 heavy (non-hydrogen) atoms. The monoisotopic (exact) mass is 455 g/mol. The Labute approximate surface area is 196 Å². The van der Waals surface area contributed by atoms with Crippen LogP contribution in [0.3, 0.4) is 0 Å². The third-order valence-electron chi connectivity index (χ3n) is 4.98. The second kappa shape index (κ2) is 10.1. The second-order valence-electron chi connectivity index (χ2n) is 7.14. The zero-order valence-electron chi connectivity index (χ0n) is 18.2. The number of methoxy groups -OCH3 is 2. The highest BCUT2D eigenvalue weighted by atomic mass is 32.2. The quantitative estimate of drug-likeness (QED) is 0.475. The lowest BCUT2D eigenvalue weighted by Gasteiger charge is -2.18. The lowest BCUT2D eigenvalue weighted by atomic mass is 10.2. The van der Waals surface area contributed by atoms with Gasteiger partial charge in [-0.1, -0.05) is 42.1 Å². The van der Waals surface area contributed by atoms with Gasteiger partial charge in [0, 0.05) is 11.8 Å². The lowest BCUT2D eigenvalue weighted by Crippen LogP contribution is -2.30. The van der Waals surface area contributed by atoms with Crippen LogP contribution in [0.25, 0.3) is 6.08 Å². The summed E-state index contributed by atoms with van der Waals surface area (Å²) in [5.41, 5.74) is 3.45. The molecule has 0 saturated carbocycles. The molecule has 7 heteroatoms. The Kier molecular flexibility index (Phi) is 6.77. The summed E-state index contributed by atoms with van der Waals surface area (Å²) in [4.78, 5) is 19.6. The van der Waals surface area contributed by atoms with Crippen molar-refractivity contribution < 1.29 is 14.3 Å². The van der Waals surface area contributed by atoms with Crippen LogP contribution < -0.4 is 14.4 Å². The van der Waals surface area contributed by atoms with Crippen molar-refractivity contribution in [3.63, 3.8) is 0 Å². The van der Waals surface area contributed by atoms with Gasteiger partial charge in [-0.15, -0.1) is 0 Å². The molecule has 0 bridgehead atoms. The Hall–Kier alpha value is -4.02. The van der Waals surface area contributed by atoms with E-state index in [9.17, 15) is 4.79 Å². The van der Waals surface area contributed by atoms with Gasteiger partial charge in [0.15, 0.2) is 5.17 Å². The van der Waals surface area contributed by atoms with Crippen molar-refractivity contribution in [2.24, 2.45) is 4.99 Å². The number of ether oxygens (including phenoxy) is 2. The third kappa shape index (κ3) is 5.08. The molecule has 0 spiro atoms. The minimum absolute atomic E-state index is 0.215. The van der Waals surface area contributed by atoms with E-state index >= 15 is 0 Å². The molecule has 1 amide bonds. The van der Waals surface area contributed by atoms with Gasteiger partial charge in [-0.2, -0.15) is 5.26 Å².